The lowest BCUT2D eigenvalue weighted by Crippen LogP contribution is -2.08. The maximum absolute atomic E-state index is 12.8. The van der Waals surface area contributed by atoms with Crippen molar-refractivity contribution in [3.63, 3.8) is 0 Å². The Hall–Kier alpha value is -2.36. The highest BCUT2D eigenvalue weighted by atomic mass is 16.5. The third-order valence-electron chi connectivity index (χ3n) is 3.74. The van der Waals surface area contributed by atoms with Crippen LogP contribution in [0, 0.1) is 13.8 Å². The number of nitrogens with one attached hydrogen (secondary N) is 1. The number of hydrogen-bond donors (Lipinski definition) is 1. The maximum Gasteiger partial charge on any atom is 0.355 e. The van der Waals surface area contributed by atoms with Gasteiger partial charge in [-0.15, -0.1) is 0 Å². The van der Waals surface area contributed by atoms with Crippen LogP contribution in [0.4, 0.5) is 0 Å². The first-order valence-corrected chi connectivity index (χ1v) is 7.49. The molecule has 0 atom stereocenters. The topological polar surface area (TPSA) is 59.2 Å². The Bertz CT molecular complexity index is 713. The van der Waals surface area contributed by atoms with Crippen molar-refractivity contribution in [2.24, 2.45) is 0 Å². The Morgan fingerprint density at radius 3 is 2.55 bits per heavy atom. The van der Waals surface area contributed by atoms with Gasteiger partial charge in [0.25, 0.3) is 0 Å². The first-order chi connectivity index (χ1) is 10.5. The third-order valence-corrected chi connectivity index (χ3v) is 3.74. The van der Waals surface area contributed by atoms with Crippen molar-refractivity contribution in [3.8, 4) is 0 Å². The van der Waals surface area contributed by atoms with E-state index in [2.05, 4.69) is 11.9 Å². The number of ketones is 1. The number of benzene rings is 1. The smallest absolute Gasteiger partial charge is 0.355 e. The lowest BCUT2D eigenvalue weighted by molar-refractivity contribution is 0.0519. The predicted octanol–water partition coefficient (Wildman–Crippen LogP) is 3.60. The number of ether oxygens (including phenoxy) is 1. The summed E-state index contributed by atoms with van der Waals surface area (Å²) in [5.74, 6) is -0.499. The molecular weight excluding hydrogens is 278 g/mol. The minimum atomic E-state index is -0.426. The summed E-state index contributed by atoms with van der Waals surface area (Å²) in [4.78, 5) is 27.7. The number of esters is 1. The van der Waals surface area contributed by atoms with Crippen LogP contribution in [0.1, 0.15) is 57.1 Å². The molecular formula is C18H21NO3. The molecule has 1 N–H and O–H groups in total. The van der Waals surface area contributed by atoms with Crippen molar-refractivity contribution in [1.29, 1.82) is 0 Å². The first kappa shape index (κ1) is 16.0. The largest absolute Gasteiger partial charge is 0.461 e. The monoisotopic (exact) mass is 299 g/mol. The summed E-state index contributed by atoms with van der Waals surface area (Å²) in [6.45, 7) is 7.68. The standard InChI is InChI=1S/C18H21NO3/c1-5-13-8-7-9-14(10-13)17(20)15-11(3)16(19-12(15)4)18(21)22-6-2/h7-10,19H,5-6H2,1-4H3. The molecule has 0 bridgehead atoms. The van der Waals surface area contributed by atoms with E-state index in [1.54, 1.807) is 26.8 Å². The molecule has 1 heterocycles. The Labute approximate surface area is 130 Å². The molecule has 0 aliphatic carbocycles. The Morgan fingerprint density at radius 2 is 1.91 bits per heavy atom. The number of rotatable bonds is 5. The van der Waals surface area contributed by atoms with E-state index < -0.39 is 5.97 Å². The average Bonchev–Trinajstić information content (AvgIpc) is 2.82. The van der Waals surface area contributed by atoms with Gasteiger partial charge in [0.2, 0.25) is 0 Å². The fourth-order valence-electron chi connectivity index (χ4n) is 2.57. The Morgan fingerprint density at radius 1 is 1.18 bits per heavy atom. The highest BCUT2D eigenvalue weighted by molar-refractivity contribution is 6.12. The Kier molecular flexibility index (Phi) is 4.81. The van der Waals surface area contributed by atoms with Crippen molar-refractivity contribution < 1.29 is 14.3 Å². The summed E-state index contributed by atoms with van der Waals surface area (Å²) in [5.41, 5.74) is 3.99. The minimum Gasteiger partial charge on any atom is -0.461 e. The molecule has 4 heteroatoms. The average molecular weight is 299 g/mol. The van der Waals surface area contributed by atoms with E-state index in [4.69, 9.17) is 4.74 Å². The number of H-pyrrole nitrogens is 1. The molecule has 116 valence electrons. The lowest BCUT2D eigenvalue weighted by atomic mass is 9.98. The molecule has 0 spiro atoms. The maximum atomic E-state index is 12.8. The highest BCUT2D eigenvalue weighted by Gasteiger charge is 2.23. The number of carbonyl (C=O) groups excluding carboxylic acids is 2. The van der Waals surface area contributed by atoms with E-state index >= 15 is 0 Å². The summed E-state index contributed by atoms with van der Waals surface area (Å²) in [5, 5.41) is 0. The van der Waals surface area contributed by atoms with Gasteiger partial charge in [0, 0.05) is 16.8 Å². The van der Waals surface area contributed by atoms with Crippen molar-refractivity contribution in [2.45, 2.75) is 34.1 Å². The molecule has 4 nitrogen and oxygen atoms in total. The molecule has 0 fully saturated rings. The molecule has 2 rings (SSSR count). The van der Waals surface area contributed by atoms with Gasteiger partial charge in [-0.3, -0.25) is 4.79 Å². The lowest BCUT2D eigenvalue weighted by Gasteiger charge is -2.05. The number of carbonyl (C=O) groups is 2. The molecule has 0 saturated carbocycles. The van der Waals surface area contributed by atoms with Gasteiger partial charge in [-0.2, -0.15) is 0 Å². The van der Waals surface area contributed by atoms with Gasteiger partial charge < -0.3 is 9.72 Å². The molecule has 0 amide bonds. The van der Waals surface area contributed by atoms with E-state index in [9.17, 15) is 9.59 Å². The first-order valence-electron chi connectivity index (χ1n) is 7.49. The van der Waals surface area contributed by atoms with Crippen molar-refractivity contribution in [2.75, 3.05) is 6.61 Å². The predicted molar refractivity (Wildman–Crippen MR) is 85.5 cm³/mol. The second-order valence-electron chi connectivity index (χ2n) is 5.23. The van der Waals surface area contributed by atoms with Crippen LogP contribution in [0.2, 0.25) is 0 Å². The molecule has 2 aromatic rings. The summed E-state index contributed by atoms with van der Waals surface area (Å²) >= 11 is 0. The van der Waals surface area contributed by atoms with Crippen LogP contribution >= 0.6 is 0 Å². The third kappa shape index (κ3) is 2.96. The van der Waals surface area contributed by atoms with E-state index in [-0.39, 0.29) is 5.78 Å². The number of aryl methyl sites for hydroxylation is 2. The van der Waals surface area contributed by atoms with E-state index in [1.807, 2.05) is 18.2 Å². The van der Waals surface area contributed by atoms with Crippen LogP contribution < -0.4 is 0 Å². The molecule has 0 unspecified atom stereocenters. The molecule has 0 saturated heterocycles. The van der Waals surface area contributed by atoms with E-state index in [0.29, 0.717) is 34.7 Å². The van der Waals surface area contributed by atoms with Crippen molar-refractivity contribution in [1.82, 2.24) is 4.98 Å². The van der Waals surface area contributed by atoms with Crippen LogP contribution in [0.3, 0.4) is 0 Å². The van der Waals surface area contributed by atoms with Crippen molar-refractivity contribution in [3.05, 3.63) is 57.9 Å². The minimum absolute atomic E-state index is 0.0721. The molecule has 0 aliphatic heterocycles. The van der Waals surface area contributed by atoms with Gasteiger partial charge >= 0.3 is 5.97 Å². The van der Waals surface area contributed by atoms with Crippen LogP contribution in [0.15, 0.2) is 24.3 Å². The zero-order chi connectivity index (χ0) is 16.3. The van der Waals surface area contributed by atoms with Crippen LogP contribution in [-0.2, 0) is 11.2 Å². The van der Waals surface area contributed by atoms with Gasteiger partial charge in [0.05, 0.1) is 6.61 Å². The molecule has 0 aliphatic rings. The van der Waals surface area contributed by atoms with Gasteiger partial charge in [0.1, 0.15) is 5.69 Å². The van der Waals surface area contributed by atoms with Gasteiger partial charge in [-0.25, -0.2) is 4.79 Å². The number of aromatic nitrogens is 1. The van der Waals surface area contributed by atoms with Gasteiger partial charge in [-0.05, 0) is 44.4 Å². The van der Waals surface area contributed by atoms with Crippen LogP contribution in [-0.4, -0.2) is 23.3 Å². The van der Waals surface area contributed by atoms with E-state index in [1.165, 1.54) is 0 Å². The zero-order valence-corrected chi connectivity index (χ0v) is 13.4. The second kappa shape index (κ2) is 6.60. The molecule has 0 radical (unpaired) electrons. The summed E-state index contributed by atoms with van der Waals surface area (Å²) in [7, 11) is 0. The zero-order valence-electron chi connectivity index (χ0n) is 13.4. The van der Waals surface area contributed by atoms with Crippen LogP contribution in [0.5, 0.6) is 0 Å². The molecule has 1 aromatic heterocycles. The Balaban J connectivity index is 2.44. The fraction of sp³-hybridized carbons (Fsp3) is 0.333. The van der Waals surface area contributed by atoms with Gasteiger partial charge in [0.15, 0.2) is 5.78 Å². The number of aromatic amines is 1. The molecule has 22 heavy (non-hydrogen) atoms. The highest BCUT2D eigenvalue weighted by Crippen LogP contribution is 2.22. The van der Waals surface area contributed by atoms with E-state index in [0.717, 1.165) is 12.0 Å². The fourth-order valence-corrected chi connectivity index (χ4v) is 2.57. The summed E-state index contributed by atoms with van der Waals surface area (Å²) in [6, 6.07) is 7.59. The molecule has 1 aromatic carbocycles. The van der Waals surface area contributed by atoms with Crippen molar-refractivity contribution >= 4 is 11.8 Å². The number of hydrogen-bond acceptors (Lipinski definition) is 3. The summed E-state index contributed by atoms with van der Waals surface area (Å²) in [6.07, 6.45) is 0.875. The van der Waals surface area contributed by atoms with Gasteiger partial charge in [-0.1, -0.05) is 25.1 Å². The SMILES string of the molecule is CCOC(=O)c1[nH]c(C)c(C(=O)c2cccc(CC)c2)c1C. The normalized spacial score (nSPS) is 10.5. The quantitative estimate of drug-likeness (QED) is 0.678. The van der Waals surface area contributed by atoms with Crippen LogP contribution in [0.25, 0.3) is 0 Å². The second-order valence-corrected chi connectivity index (χ2v) is 5.23. The summed E-state index contributed by atoms with van der Waals surface area (Å²) < 4.78 is 5.02.